The normalized spacial score (nSPS) is 17.7. The summed E-state index contributed by atoms with van der Waals surface area (Å²) in [6, 6.07) is 10.6. The van der Waals surface area contributed by atoms with Crippen LogP contribution in [0.25, 0.3) is 0 Å². The van der Waals surface area contributed by atoms with Crippen molar-refractivity contribution in [2.45, 2.75) is 38.8 Å². The summed E-state index contributed by atoms with van der Waals surface area (Å²) in [6.45, 7) is 10.4. The van der Waals surface area contributed by atoms with Gasteiger partial charge in [0.15, 0.2) is 0 Å². The molecule has 0 spiro atoms. The van der Waals surface area contributed by atoms with Crippen LogP contribution in [0.15, 0.2) is 30.3 Å². The first kappa shape index (κ1) is 22.9. The standard InChI is InChI=1S/C20H34N4O.ClH/c1-4-10-20(2,21)19(25)24-15-13-23(14-16-24)12-11-22(3)17-18-8-6-5-7-9-18;/h5-9H,4,10-17,21H2,1-3H3;1H. The van der Waals surface area contributed by atoms with Gasteiger partial charge in [-0.2, -0.15) is 0 Å². The number of hydrogen-bond acceptors (Lipinski definition) is 4. The summed E-state index contributed by atoms with van der Waals surface area (Å²) in [4.78, 5) is 19.3. The number of halogens is 1. The fraction of sp³-hybridized carbons (Fsp3) is 0.650. The molecule has 2 N–H and O–H groups in total. The van der Waals surface area contributed by atoms with Gasteiger partial charge in [-0.1, -0.05) is 43.7 Å². The molecule has 0 aromatic heterocycles. The lowest BCUT2D eigenvalue weighted by Gasteiger charge is -2.38. The SMILES string of the molecule is CCCC(C)(N)C(=O)N1CCN(CCN(C)Cc2ccccc2)CC1.Cl. The molecule has 1 aromatic rings. The van der Waals surface area contributed by atoms with Crippen molar-refractivity contribution in [1.82, 2.24) is 14.7 Å². The Bertz CT molecular complexity index is 530. The van der Waals surface area contributed by atoms with Gasteiger partial charge in [0.25, 0.3) is 0 Å². The van der Waals surface area contributed by atoms with E-state index in [0.717, 1.165) is 58.7 Å². The van der Waals surface area contributed by atoms with E-state index in [0.29, 0.717) is 0 Å². The Morgan fingerprint density at radius 1 is 1.19 bits per heavy atom. The molecular weight excluding hydrogens is 348 g/mol. The van der Waals surface area contributed by atoms with E-state index in [9.17, 15) is 4.79 Å². The van der Waals surface area contributed by atoms with E-state index in [1.807, 2.05) is 11.8 Å². The summed E-state index contributed by atoms with van der Waals surface area (Å²) in [5, 5.41) is 0. The van der Waals surface area contributed by atoms with Crippen molar-refractivity contribution in [2.24, 2.45) is 5.73 Å². The molecular formula is C20H35ClN4O. The van der Waals surface area contributed by atoms with Crippen molar-refractivity contribution in [3.05, 3.63) is 35.9 Å². The first-order valence-electron chi connectivity index (χ1n) is 9.45. The highest BCUT2D eigenvalue weighted by Gasteiger charge is 2.33. The van der Waals surface area contributed by atoms with Crippen LogP contribution in [0.5, 0.6) is 0 Å². The Labute approximate surface area is 164 Å². The van der Waals surface area contributed by atoms with Gasteiger partial charge in [-0.25, -0.2) is 0 Å². The molecule has 1 saturated heterocycles. The summed E-state index contributed by atoms with van der Waals surface area (Å²) in [5.74, 6) is 0.107. The van der Waals surface area contributed by atoms with Gasteiger partial charge in [-0.15, -0.1) is 12.4 Å². The highest BCUT2D eigenvalue weighted by atomic mass is 35.5. The first-order chi connectivity index (χ1) is 11.9. The van der Waals surface area contributed by atoms with Crippen LogP contribution in [0.4, 0.5) is 0 Å². The first-order valence-corrected chi connectivity index (χ1v) is 9.45. The van der Waals surface area contributed by atoms with Crippen LogP contribution in [-0.2, 0) is 11.3 Å². The minimum absolute atomic E-state index is 0. The van der Waals surface area contributed by atoms with E-state index in [1.54, 1.807) is 0 Å². The number of amides is 1. The molecule has 148 valence electrons. The number of nitrogens with two attached hydrogens (primary N) is 1. The largest absolute Gasteiger partial charge is 0.339 e. The summed E-state index contributed by atoms with van der Waals surface area (Å²) >= 11 is 0. The molecule has 1 heterocycles. The summed E-state index contributed by atoms with van der Waals surface area (Å²) in [7, 11) is 2.16. The van der Waals surface area contributed by atoms with E-state index in [-0.39, 0.29) is 18.3 Å². The van der Waals surface area contributed by atoms with Gasteiger partial charge in [0.05, 0.1) is 5.54 Å². The lowest BCUT2D eigenvalue weighted by atomic mass is 9.95. The van der Waals surface area contributed by atoms with Crippen LogP contribution in [0.3, 0.4) is 0 Å². The van der Waals surface area contributed by atoms with Gasteiger partial charge in [0.2, 0.25) is 5.91 Å². The van der Waals surface area contributed by atoms with Gasteiger partial charge in [0.1, 0.15) is 0 Å². The van der Waals surface area contributed by atoms with Crippen LogP contribution in [0, 0.1) is 0 Å². The maximum Gasteiger partial charge on any atom is 0.242 e. The average molecular weight is 383 g/mol. The summed E-state index contributed by atoms with van der Waals surface area (Å²) < 4.78 is 0. The molecule has 1 amide bonds. The third kappa shape index (κ3) is 6.88. The molecule has 0 saturated carbocycles. The van der Waals surface area contributed by atoms with E-state index in [1.165, 1.54) is 5.56 Å². The van der Waals surface area contributed by atoms with Crippen molar-refractivity contribution >= 4 is 18.3 Å². The van der Waals surface area contributed by atoms with Crippen LogP contribution in [0.1, 0.15) is 32.3 Å². The predicted octanol–water partition coefficient (Wildman–Crippen LogP) is 2.20. The van der Waals surface area contributed by atoms with Crippen molar-refractivity contribution in [1.29, 1.82) is 0 Å². The summed E-state index contributed by atoms with van der Waals surface area (Å²) in [6.07, 6.45) is 1.68. The Morgan fingerprint density at radius 3 is 2.38 bits per heavy atom. The second-order valence-electron chi connectivity index (χ2n) is 7.52. The smallest absolute Gasteiger partial charge is 0.242 e. The molecule has 1 aliphatic rings. The van der Waals surface area contributed by atoms with Gasteiger partial charge >= 0.3 is 0 Å². The second kappa shape index (κ2) is 10.9. The molecule has 1 atom stereocenters. The zero-order valence-corrected chi connectivity index (χ0v) is 17.3. The van der Waals surface area contributed by atoms with Crippen molar-refractivity contribution < 1.29 is 4.79 Å². The Morgan fingerprint density at radius 2 is 1.81 bits per heavy atom. The maximum absolute atomic E-state index is 12.6. The van der Waals surface area contributed by atoms with Crippen molar-refractivity contribution in [2.75, 3.05) is 46.3 Å². The average Bonchev–Trinajstić information content (AvgIpc) is 2.60. The number of hydrogen-bond donors (Lipinski definition) is 1. The van der Waals surface area contributed by atoms with Gasteiger partial charge in [-0.05, 0) is 26.0 Å². The molecule has 0 aliphatic carbocycles. The number of rotatable bonds is 8. The topological polar surface area (TPSA) is 52.8 Å². The zero-order chi connectivity index (χ0) is 18.3. The fourth-order valence-corrected chi connectivity index (χ4v) is 3.45. The van der Waals surface area contributed by atoms with Gasteiger partial charge < -0.3 is 15.5 Å². The van der Waals surface area contributed by atoms with Crippen molar-refractivity contribution in [3.63, 3.8) is 0 Å². The Hall–Kier alpha value is -1.14. The number of benzene rings is 1. The highest BCUT2D eigenvalue weighted by Crippen LogP contribution is 2.14. The number of likely N-dealkylation sites (N-methyl/N-ethyl adjacent to an activating group) is 1. The molecule has 1 aliphatic heterocycles. The van der Waals surface area contributed by atoms with E-state index >= 15 is 0 Å². The van der Waals surface area contributed by atoms with Crippen LogP contribution < -0.4 is 5.73 Å². The minimum atomic E-state index is -0.715. The second-order valence-corrected chi connectivity index (χ2v) is 7.52. The van der Waals surface area contributed by atoms with Crippen LogP contribution in [-0.4, -0.2) is 72.5 Å². The van der Waals surface area contributed by atoms with Gasteiger partial charge in [-0.3, -0.25) is 9.69 Å². The van der Waals surface area contributed by atoms with E-state index in [4.69, 9.17) is 5.73 Å². The zero-order valence-electron chi connectivity index (χ0n) is 16.5. The van der Waals surface area contributed by atoms with E-state index < -0.39 is 5.54 Å². The highest BCUT2D eigenvalue weighted by molar-refractivity contribution is 5.86. The lowest BCUT2D eigenvalue weighted by molar-refractivity contribution is -0.138. The third-order valence-electron chi connectivity index (χ3n) is 5.01. The molecule has 5 nitrogen and oxygen atoms in total. The molecule has 26 heavy (non-hydrogen) atoms. The number of nitrogens with zero attached hydrogens (tertiary/aromatic N) is 3. The molecule has 6 heteroatoms. The molecule has 1 unspecified atom stereocenters. The fourth-order valence-electron chi connectivity index (χ4n) is 3.45. The van der Waals surface area contributed by atoms with Crippen LogP contribution >= 0.6 is 12.4 Å². The molecule has 0 bridgehead atoms. The molecule has 1 aromatic carbocycles. The monoisotopic (exact) mass is 382 g/mol. The van der Waals surface area contributed by atoms with Crippen molar-refractivity contribution in [3.8, 4) is 0 Å². The molecule has 2 rings (SSSR count). The maximum atomic E-state index is 12.6. The third-order valence-corrected chi connectivity index (χ3v) is 5.01. The molecule has 1 fully saturated rings. The quantitative estimate of drug-likeness (QED) is 0.748. The number of piperazine rings is 1. The van der Waals surface area contributed by atoms with E-state index in [2.05, 4.69) is 54.1 Å². The summed E-state index contributed by atoms with van der Waals surface area (Å²) in [5.41, 5.74) is 6.83. The van der Waals surface area contributed by atoms with Gasteiger partial charge in [0, 0.05) is 45.8 Å². The van der Waals surface area contributed by atoms with Crippen LogP contribution in [0.2, 0.25) is 0 Å². The Balaban J connectivity index is 0.00000338. The number of carbonyl (C=O) groups excluding carboxylic acids is 1. The number of carbonyl (C=O) groups is 1. The Kier molecular flexibility index (Phi) is 9.58. The minimum Gasteiger partial charge on any atom is -0.339 e. The lowest BCUT2D eigenvalue weighted by Crippen LogP contribution is -2.58. The molecule has 0 radical (unpaired) electrons. The predicted molar refractivity (Wildman–Crippen MR) is 111 cm³/mol.